The van der Waals surface area contributed by atoms with Crippen molar-refractivity contribution in [3.8, 4) is 23.3 Å². The van der Waals surface area contributed by atoms with Gasteiger partial charge in [-0.15, -0.1) is 5.54 Å². The van der Waals surface area contributed by atoms with Gasteiger partial charge in [-0.1, -0.05) is 59.3 Å². The van der Waals surface area contributed by atoms with Crippen LogP contribution in [0.25, 0.3) is 0 Å². The van der Waals surface area contributed by atoms with Gasteiger partial charge in [0.05, 0.1) is 0 Å². The molecule has 0 radical (unpaired) electrons. The van der Waals surface area contributed by atoms with Gasteiger partial charge < -0.3 is 5.11 Å². The Bertz CT molecular complexity index is 567. The molecule has 0 bridgehead atoms. The Morgan fingerprint density at radius 2 is 1.23 bits per heavy atom. The quantitative estimate of drug-likeness (QED) is 0.639. The zero-order chi connectivity index (χ0) is 16.8. The predicted octanol–water partition coefficient (Wildman–Crippen LogP) is 4.60. The molecule has 0 aromatic heterocycles. The largest absolute Gasteiger partial charge is 0.384 e. The Kier molecular flexibility index (Phi) is 6.94. The standard InChI is InChI=1S/C20H28OSi/c1-16(2)22(17(3)4,18(5)6)15-13-20-11-9-19(10-12-20)8-7-14-21/h9-12,16-18,21H,14H2,1-6H3. The highest BCUT2D eigenvalue weighted by molar-refractivity contribution is 6.90. The summed E-state index contributed by atoms with van der Waals surface area (Å²) in [6.45, 7) is 13.9. The normalized spacial score (nSPS) is 11.2. The fourth-order valence-corrected chi connectivity index (χ4v) is 8.62. The summed E-state index contributed by atoms with van der Waals surface area (Å²) in [6.07, 6.45) is 0. The van der Waals surface area contributed by atoms with Crippen molar-refractivity contribution in [3.63, 3.8) is 0 Å². The summed E-state index contributed by atoms with van der Waals surface area (Å²) < 4.78 is 0. The summed E-state index contributed by atoms with van der Waals surface area (Å²) in [5, 5.41) is 8.72. The molecule has 118 valence electrons. The van der Waals surface area contributed by atoms with Crippen molar-refractivity contribution in [2.45, 2.75) is 58.2 Å². The summed E-state index contributed by atoms with van der Waals surface area (Å²) in [7, 11) is -1.67. The molecule has 1 nitrogen and oxygen atoms in total. The van der Waals surface area contributed by atoms with Gasteiger partial charge in [-0.2, -0.15) is 0 Å². The van der Waals surface area contributed by atoms with E-state index in [1.54, 1.807) is 0 Å². The van der Waals surface area contributed by atoms with Crippen LogP contribution < -0.4 is 0 Å². The second-order valence-corrected chi connectivity index (χ2v) is 12.3. The molecule has 0 saturated heterocycles. The van der Waals surface area contributed by atoms with Crippen molar-refractivity contribution >= 4 is 8.07 Å². The lowest BCUT2D eigenvalue weighted by Gasteiger charge is -2.38. The van der Waals surface area contributed by atoms with Gasteiger partial charge in [0.1, 0.15) is 14.7 Å². The van der Waals surface area contributed by atoms with E-state index in [1.165, 1.54) is 0 Å². The lowest BCUT2D eigenvalue weighted by Crippen LogP contribution is -2.43. The summed E-state index contributed by atoms with van der Waals surface area (Å²) in [5.41, 5.74) is 7.63. The molecule has 0 aliphatic rings. The third-order valence-electron chi connectivity index (χ3n) is 4.49. The van der Waals surface area contributed by atoms with Crippen LogP contribution in [0.1, 0.15) is 52.7 Å². The van der Waals surface area contributed by atoms with Crippen LogP contribution in [0, 0.1) is 23.3 Å². The van der Waals surface area contributed by atoms with Crippen molar-refractivity contribution in [1.29, 1.82) is 0 Å². The molecule has 0 unspecified atom stereocenters. The smallest absolute Gasteiger partial charge is 0.146 e. The first-order valence-corrected chi connectivity index (χ1v) is 10.3. The molecule has 0 aliphatic heterocycles. The van der Waals surface area contributed by atoms with E-state index in [-0.39, 0.29) is 6.61 Å². The first-order valence-electron chi connectivity index (χ1n) is 8.07. The van der Waals surface area contributed by atoms with Crippen LogP contribution in [0.3, 0.4) is 0 Å². The number of hydrogen-bond donors (Lipinski definition) is 1. The minimum absolute atomic E-state index is 0.104. The SMILES string of the molecule is CC(C)[Si](C#Cc1ccc(C#CCO)cc1)(C(C)C)C(C)C. The van der Waals surface area contributed by atoms with E-state index < -0.39 is 8.07 Å². The molecular weight excluding hydrogens is 284 g/mol. The van der Waals surface area contributed by atoms with Gasteiger partial charge in [0.2, 0.25) is 0 Å². The Morgan fingerprint density at radius 1 is 0.818 bits per heavy atom. The monoisotopic (exact) mass is 312 g/mol. The van der Waals surface area contributed by atoms with Gasteiger partial charge >= 0.3 is 0 Å². The Morgan fingerprint density at radius 3 is 1.59 bits per heavy atom. The highest BCUT2D eigenvalue weighted by atomic mass is 28.3. The topological polar surface area (TPSA) is 20.2 Å². The molecule has 0 spiro atoms. The Balaban J connectivity index is 3.13. The Hall–Kier alpha value is -1.48. The number of aliphatic hydroxyl groups is 1. The molecule has 0 amide bonds. The second kappa shape index (κ2) is 8.23. The number of rotatable bonds is 3. The summed E-state index contributed by atoms with van der Waals surface area (Å²) in [4.78, 5) is 0. The minimum Gasteiger partial charge on any atom is -0.384 e. The van der Waals surface area contributed by atoms with Crippen molar-refractivity contribution in [2.24, 2.45) is 0 Å². The van der Waals surface area contributed by atoms with Crippen LogP contribution in [0.5, 0.6) is 0 Å². The third-order valence-corrected chi connectivity index (χ3v) is 10.8. The van der Waals surface area contributed by atoms with Gasteiger partial charge in [-0.25, -0.2) is 0 Å². The van der Waals surface area contributed by atoms with E-state index >= 15 is 0 Å². The maximum Gasteiger partial charge on any atom is 0.146 e. The van der Waals surface area contributed by atoms with Gasteiger partial charge in [0, 0.05) is 11.1 Å². The van der Waals surface area contributed by atoms with Gasteiger partial charge in [-0.05, 0) is 40.9 Å². The van der Waals surface area contributed by atoms with Crippen molar-refractivity contribution in [1.82, 2.24) is 0 Å². The molecule has 1 rings (SSSR count). The van der Waals surface area contributed by atoms with Crippen molar-refractivity contribution in [3.05, 3.63) is 35.4 Å². The highest BCUT2D eigenvalue weighted by Gasteiger charge is 2.41. The molecule has 0 aliphatic carbocycles. The van der Waals surface area contributed by atoms with E-state index in [0.29, 0.717) is 16.6 Å². The fourth-order valence-electron chi connectivity index (χ4n) is 3.39. The maximum absolute atomic E-state index is 8.72. The molecule has 0 heterocycles. The molecule has 22 heavy (non-hydrogen) atoms. The second-order valence-electron chi connectivity index (χ2n) is 6.68. The van der Waals surface area contributed by atoms with E-state index in [1.807, 2.05) is 24.3 Å². The van der Waals surface area contributed by atoms with Gasteiger partial charge in [-0.3, -0.25) is 0 Å². The lowest BCUT2D eigenvalue weighted by atomic mass is 10.1. The highest BCUT2D eigenvalue weighted by Crippen LogP contribution is 2.40. The van der Waals surface area contributed by atoms with Crippen LogP contribution in [0.2, 0.25) is 16.6 Å². The van der Waals surface area contributed by atoms with E-state index in [0.717, 1.165) is 11.1 Å². The van der Waals surface area contributed by atoms with Crippen LogP contribution in [-0.4, -0.2) is 19.8 Å². The molecule has 1 aromatic carbocycles. The molecule has 0 fully saturated rings. The van der Waals surface area contributed by atoms with Crippen LogP contribution >= 0.6 is 0 Å². The maximum atomic E-state index is 8.72. The zero-order valence-electron chi connectivity index (χ0n) is 14.7. The molecule has 1 aromatic rings. The molecule has 1 N–H and O–H groups in total. The van der Waals surface area contributed by atoms with E-state index in [9.17, 15) is 0 Å². The number of benzene rings is 1. The summed E-state index contributed by atoms with van der Waals surface area (Å²) in [5.74, 6) is 9.00. The predicted molar refractivity (Wildman–Crippen MR) is 98.3 cm³/mol. The van der Waals surface area contributed by atoms with Gasteiger partial charge in [0.25, 0.3) is 0 Å². The zero-order valence-corrected chi connectivity index (χ0v) is 15.7. The summed E-state index contributed by atoms with van der Waals surface area (Å²) >= 11 is 0. The van der Waals surface area contributed by atoms with Crippen LogP contribution in [0.15, 0.2) is 24.3 Å². The van der Waals surface area contributed by atoms with Crippen molar-refractivity contribution < 1.29 is 5.11 Å². The lowest BCUT2D eigenvalue weighted by molar-refractivity contribution is 0.350. The molecule has 0 atom stereocenters. The Labute approximate surface area is 137 Å². The third kappa shape index (κ3) is 4.26. The van der Waals surface area contributed by atoms with Crippen molar-refractivity contribution in [2.75, 3.05) is 6.61 Å². The fraction of sp³-hybridized carbons (Fsp3) is 0.500. The molecule has 0 saturated carbocycles. The minimum atomic E-state index is -1.67. The number of hydrogen-bond acceptors (Lipinski definition) is 1. The first-order chi connectivity index (χ1) is 10.3. The molecular formula is C20H28OSi. The van der Waals surface area contributed by atoms with Gasteiger partial charge in [0.15, 0.2) is 0 Å². The molecule has 2 heteroatoms. The average molecular weight is 313 g/mol. The van der Waals surface area contributed by atoms with E-state index in [4.69, 9.17) is 5.11 Å². The first kappa shape index (κ1) is 18.6. The number of aliphatic hydroxyl groups excluding tert-OH is 1. The van der Waals surface area contributed by atoms with Crippen LogP contribution in [0.4, 0.5) is 0 Å². The van der Waals surface area contributed by atoms with Crippen LogP contribution in [-0.2, 0) is 0 Å². The summed E-state index contributed by atoms with van der Waals surface area (Å²) in [6, 6.07) is 7.98. The average Bonchev–Trinajstić information content (AvgIpc) is 2.45. The van der Waals surface area contributed by atoms with E-state index in [2.05, 4.69) is 64.8 Å².